The highest BCUT2D eigenvalue weighted by Gasteiger charge is 2.12. The molecule has 136 valence electrons. The van der Waals surface area contributed by atoms with Crippen LogP contribution in [0.2, 0.25) is 0 Å². The Hall–Kier alpha value is -2.38. The molecule has 3 aromatic rings. The smallest absolute Gasteiger partial charge is 0.299 e. The molecule has 2 aromatic heterocycles. The molecule has 1 aromatic carbocycles. The fraction of sp³-hybridized carbons (Fsp3) is 0.368. The summed E-state index contributed by atoms with van der Waals surface area (Å²) in [7, 11) is 2.14. The second-order valence-electron chi connectivity index (χ2n) is 6.31. The summed E-state index contributed by atoms with van der Waals surface area (Å²) in [5, 5.41) is 8.15. The highest BCUT2D eigenvalue weighted by atomic mass is 32.1. The molecule has 0 fully saturated rings. The van der Waals surface area contributed by atoms with Crippen molar-refractivity contribution in [3.05, 3.63) is 47.3 Å². The van der Waals surface area contributed by atoms with Crippen LogP contribution in [-0.2, 0) is 6.42 Å². The molecule has 26 heavy (non-hydrogen) atoms. The topological polar surface area (TPSA) is 64.0 Å². The first-order chi connectivity index (χ1) is 12.6. The highest BCUT2D eigenvalue weighted by Crippen LogP contribution is 2.30. The van der Waals surface area contributed by atoms with Crippen molar-refractivity contribution < 1.29 is 4.74 Å². The van der Waals surface area contributed by atoms with Crippen LogP contribution >= 0.6 is 11.5 Å². The van der Waals surface area contributed by atoms with Gasteiger partial charge in [-0.25, -0.2) is 0 Å². The summed E-state index contributed by atoms with van der Waals surface area (Å²) in [6.45, 7) is 8.48. The summed E-state index contributed by atoms with van der Waals surface area (Å²) in [5.74, 6) is 1.43. The van der Waals surface area contributed by atoms with E-state index in [1.807, 2.05) is 6.07 Å². The van der Waals surface area contributed by atoms with Crippen LogP contribution in [0.3, 0.4) is 0 Å². The molecule has 0 unspecified atom stereocenters. The Morgan fingerprint density at radius 3 is 2.73 bits per heavy atom. The third-order valence-electron chi connectivity index (χ3n) is 4.38. The number of rotatable bonds is 7. The highest BCUT2D eigenvalue weighted by molar-refractivity contribution is 7.07. The predicted octanol–water partition coefficient (Wildman–Crippen LogP) is 3.90. The number of ether oxygens (including phenoxy) is 1. The van der Waals surface area contributed by atoms with Gasteiger partial charge in [0.25, 0.3) is 5.19 Å². The fourth-order valence-electron chi connectivity index (χ4n) is 2.58. The largest absolute Gasteiger partial charge is 0.430 e. The van der Waals surface area contributed by atoms with Crippen LogP contribution in [0.15, 0.2) is 30.6 Å². The molecule has 3 rings (SSSR count). The molecule has 0 spiro atoms. The van der Waals surface area contributed by atoms with E-state index in [9.17, 15) is 0 Å². The number of hydrogen-bond donors (Lipinski definition) is 0. The molecule has 0 atom stereocenters. The maximum atomic E-state index is 5.99. The van der Waals surface area contributed by atoms with Crippen LogP contribution in [-0.4, -0.2) is 44.6 Å². The molecule has 0 radical (unpaired) electrons. The van der Waals surface area contributed by atoms with Gasteiger partial charge in [-0.15, -0.1) is 0 Å². The number of nitrogens with zero attached hydrogens (tertiary/aromatic N) is 5. The number of aryl methyl sites for hydroxylation is 2. The van der Waals surface area contributed by atoms with Crippen LogP contribution in [0.1, 0.15) is 23.6 Å². The monoisotopic (exact) mass is 369 g/mol. The van der Waals surface area contributed by atoms with Gasteiger partial charge in [0.05, 0.1) is 12.4 Å². The van der Waals surface area contributed by atoms with Crippen LogP contribution in [0.25, 0.3) is 11.4 Å². The van der Waals surface area contributed by atoms with Gasteiger partial charge in [-0.1, -0.05) is 13.0 Å². The van der Waals surface area contributed by atoms with Gasteiger partial charge in [-0.3, -0.25) is 0 Å². The van der Waals surface area contributed by atoms with E-state index in [-0.39, 0.29) is 0 Å². The zero-order chi connectivity index (χ0) is 18.5. The molecule has 0 amide bonds. The van der Waals surface area contributed by atoms with E-state index in [1.54, 1.807) is 12.4 Å². The van der Waals surface area contributed by atoms with Crippen LogP contribution in [0.4, 0.5) is 0 Å². The predicted molar refractivity (Wildman–Crippen MR) is 104 cm³/mol. The Balaban J connectivity index is 1.74. The number of aromatic nitrogens is 4. The summed E-state index contributed by atoms with van der Waals surface area (Å²) in [6.07, 6.45) is 4.30. The van der Waals surface area contributed by atoms with Gasteiger partial charge in [-0.2, -0.15) is 19.6 Å². The Labute approximate surface area is 158 Å². The molecule has 0 saturated heterocycles. The van der Waals surface area contributed by atoms with Gasteiger partial charge in [0.1, 0.15) is 5.75 Å². The summed E-state index contributed by atoms with van der Waals surface area (Å²) >= 11 is 1.24. The molecule has 0 aliphatic carbocycles. The molecule has 0 N–H and O–H groups in total. The lowest BCUT2D eigenvalue weighted by atomic mass is 10.0. The minimum absolute atomic E-state index is 0.526. The SMILES string of the molecule is CCN(C)CCc1cc(C)c(Oc2nc(-c3ccnnc3)ns2)cc1C. The average Bonchev–Trinajstić information content (AvgIpc) is 3.12. The number of likely N-dealkylation sites (N-methyl/N-ethyl adjacent to an activating group) is 1. The third kappa shape index (κ3) is 4.42. The molecule has 0 saturated carbocycles. The van der Waals surface area contributed by atoms with E-state index >= 15 is 0 Å². The molecule has 7 heteroatoms. The standard InChI is InChI=1S/C19H23N5OS/c1-5-24(4)9-7-15-10-14(3)17(11-13(15)2)25-19-22-18(23-26-19)16-6-8-20-21-12-16/h6,8,10-12H,5,7,9H2,1-4H3. The van der Waals surface area contributed by atoms with Crippen LogP contribution in [0, 0.1) is 13.8 Å². The Morgan fingerprint density at radius 2 is 2.00 bits per heavy atom. The van der Waals surface area contributed by atoms with Crippen molar-refractivity contribution in [2.75, 3.05) is 20.1 Å². The van der Waals surface area contributed by atoms with Crippen molar-refractivity contribution in [2.24, 2.45) is 0 Å². The summed E-state index contributed by atoms with van der Waals surface area (Å²) in [6, 6.07) is 6.13. The molecule has 0 bridgehead atoms. The van der Waals surface area contributed by atoms with E-state index in [1.165, 1.54) is 22.7 Å². The van der Waals surface area contributed by atoms with Crippen molar-refractivity contribution in [3.63, 3.8) is 0 Å². The molecule has 6 nitrogen and oxygen atoms in total. The normalized spacial score (nSPS) is 11.1. The molecule has 0 aliphatic heterocycles. The maximum Gasteiger partial charge on any atom is 0.299 e. The van der Waals surface area contributed by atoms with E-state index in [4.69, 9.17) is 4.74 Å². The van der Waals surface area contributed by atoms with E-state index in [0.29, 0.717) is 11.0 Å². The Bertz CT molecular complexity index is 866. The zero-order valence-corrected chi connectivity index (χ0v) is 16.4. The van der Waals surface area contributed by atoms with Gasteiger partial charge in [0, 0.05) is 23.6 Å². The van der Waals surface area contributed by atoms with Gasteiger partial charge in [-0.05, 0) is 62.7 Å². The van der Waals surface area contributed by atoms with Crippen molar-refractivity contribution in [1.82, 2.24) is 24.5 Å². The van der Waals surface area contributed by atoms with Crippen LogP contribution in [0.5, 0.6) is 10.9 Å². The van der Waals surface area contributed by atoms with Gasteiger partial charge >= 0.3 is 0 Å². The first kappa shape index (κ1) is 18.4. The lowest BCUT2D eigenvalue weighted by Gasteiger charge is -2.16. The lowest BCUT2D eigenvalue weighted by molar-refractivity contribution is 0.357. The zero-order valence-electron chi connectivity index (χ0n) is 15.6. The number of benzene rings is 1. The summed E-state index contributed by atoms with van der Waals surface area (Å²) < 4.78 is 10.3. The van der Waals surface area contributed by atoms with Gasteiger partial charge in [0.15, 0.2) is 5.82 Å². The minimum Gasteiger partial charge on any atom is -0.430 e. The maximum absolute atomic E-state index is 5.99. The molecule has 0 aliphatic rings. The Morgan fingerprint density at radius 1 is 1.15 bits per heavy atom. The second-order valence-corrected chi connectivity index (χ2v) is 7.02. The minimum atomic E-state index is 0.526. The molecular formula is C19H23N5OS. The quantitative estimate of drug-likeness (QED) is 0.629. The Kier molecular flexibility index (Phi) is 5.90. The van der Waals surface area contributed by atoms with Crippen molar-refractivity contribution in [3.8, 4) is 22.3 Å². The van der Waals surface area contributed by atoms with Gasteiger partial charge < -0.3 is 9.64 Å². The summed E-state index contributed by atoms with van der Waals surface area (Å²) in [5.41, 5.74) is 4.52. The van der Waals surface area contributed by atoms with E-state index in [2.05, 4.69) is 64.4 Å². The van der Waals surface area contributed by atoms with Crippen molar-refractivity contribution in [2.45, 2.75) is 27.2 Å². The van der Waals surface area contributed by atoms with Crippen molar-refractivity contribution in [1.29, 1.82) is 0 Å². The van der Waals surface area contributed by atoms with Crippen molar-refractivity contribution >= 4 is 11.5 Å². The first-order valence-electron chi connectivity index (χ1n) is 8.64. The second kappa shape index (κ2) is 8.33. The molecular weight excluding hydrogens is 346 g/mol. The first-order valence-corrected chi connectivity index (χ1v) is 9.41. The lowest BCUT2D eigenvalue weighted by Crippen LogP contribution is -2.20. The summed E-state index contributed by atoms with van der Waals surface area (Å²) in [4.78, 5) is 6.77. The van der Waals surface area contributed by atoms with Gasteiger partial charge in [0.2, 0.25) is 0 Å². The molecule has 2 heterocycles. The van der Waals surface area contributed by atoms with E-state index in [0.717, 1.165) is 36.4 Å². The third-order valence-corrected chi connectivity index (χ3v) is 4.98. The van der Waals surface area contributed by atoms with E-state index < -0.39 is 0 Å². The average molecular weight is 369 g/mol. The number of hydrogen-bond acceptors (Lipinski definition) is 7. The fourth-order valence-corrected chi connectivity index (χ4v) is 3.15. The van der Waals surface area contributed by atoms with Crippen LogP contribution < -0.4 is 4.74 Å².